The van der Waals surface area contributed by atoms with E-state index in [1.165, 1.54) is 96.3 Å². The van der Waals surface area contributed by atoms with Gasteiger partial charge < -0.3 is 14.8 Å². The average Bonchev–Trinajstić information content (AvgIpc) is 3.31. The molecule has 1 unspecified atom stereocenters. The molecule has 0 fully saturated rings. The smallest absolute Gasteiger partial charge is 0.407 e. The highest BCUT2D eigenvalue weighted by molar-refractivity contribution is 8.14. The van der Waals surface area contributed by atoms with Crippen LogP contribution in [0.25, 0.3) is 0 Å². The van der Waals surface area contributed by atoms with Crippen molar-refractivity contribution in [3.8, 4) is 0 Å². The Labute approximate surface area is 202 Å². The molecule has 1 aliphatic rings. The predicted octanol–water partition coefficient (Wildman–Crippen LogP) is 7.52. The fraction of sp³-hybridized carbons (Fsp3) is 0.923. The maximum absolute atomic E-state index is 11.8. The molecule has 0 bridgehead atoms. The van der Waals surface area contributed by atoms with Gasteiger partial charge in [0, 0.05) is 32.4 Å². The van der Waals surface area contributed by atoms with Gasteiger partial charge in [-0.05, 0) is 6.42 Å². The highest BCUT2D eigenvalue weighted by atomic mass is 32.2. The van der Waals surface area contributed by atoms with Crippen LogP contribution in [-0.4, -0.2) is 49.8 Å². The van der Waals surface area contributed by atoms with Crippen molar-refractivity contribution in [2.24, 2.45) is 4.99 Å². The monoisotopic (exact) mass is 470 g/mol. The number of thioether (sulfide) groups is 1. The van der Waals surface area contributed by atoms with Gasteiger partial charge in [-0.1, -0.05) is 103 Å². The van der Waals surface area contributed by atoms with Crippen LogP contribution in [0.5, 0.6) is 0 Å². The van der Waals surface area contributed by atoms with Crippen molar-refractivity contribution in [1.29, 1.82) is 0 Å². The molecule has 0 aromatic carbocycles. The number of amides is 1. The molecule has 0 aromatic heterocycles. The highest BCUT2D eigenvalue weighted by Gasteiger charge is 2.16. The average molecular weight is 471 g/mol. The van der Waals surface area contributed by atoms with E-state index in [1.807, 2.05) is 0 Å². The van der Waals surface area contributed by atoms with Crippen LogP contribution in [0.4, 0.5) is 4.79 Å². The number of nitrogens with zero attached hydrogens (tertiary/aromatic N) is 1. The van der Waals surface area contributed by atoms with Crippen molar-refractivity contribution in [3.05, 3.63) is 0 Å². The van der Waals surface area contributed by atoms with Gasteiger partial charge in [0.05, 0.1) is 11.1 Å². The first kappa shape index (κ1) is 29.3. The van der Waals surface area contributed by atoms with Crippen LogP contribution in [0, 0.1) is 0 Å². The topological polar surface area (TPSA) is 59.9 Å². The van der Waals surface area contributed by atoms with Crippen LogP contribution >= 0.6 is 11.8 Å². The minimum absolute atomic E-state index is 0.111. The number of rotatable bonds is 22. The minimum Gasteiger partial charge on any atom is -0.447 e. The summed E-state index contributed by atoms with van der Waals surface area (Å²) in [6, 6.07) is 0. The third-order valence-electron chi connectivity index (χ3n) is 6.08. The molecule has 0 saturated carbocycles. The van der Waals surface area contributed by atoms with Crippen LogP contribution in [0.1, 0.15) is 116 Å². The minimum atomic E-state index is -0.339. The summed E-state index contributed by atoms with van der Waals surface area (Å²) < 4.78 is 10.7. The Morgan fingerprint density at radius 1 is 0.906 bits per heavy atom. The summed E-state index contributed by atoms with van der Waals surface area (Å²) in [5.41, 5.74) is 0. The Morgan fingerprint density at radius 3 is 1.91 bits per heavy atom. The summed E-state index contributed by atoms with van der Waals surface area (Å²) >= 11 is 1.77. The number of carbonyl (C=O) groups excluding carboxylic acids is 1. The van der Waals surface area contributed by atoms with Crippen molar-refractivity contribution in [2.75, 3.05) is 32.6 Å². The molecule has 6 heteroatoms. The van der Waals surface area contributed by atoms with Gasteiger partial charge in [0.25, 0.3) is 0 Å². The largest absolute Gasteiger partial charge is 0.447 e. The lowest BCUT2D eigenvalue weighted by atomic mass is 10.0. The van der Waals surface area contributed by atoms with Gasteiger partial charge in [-0.25, -0.2) is 4.79 Å². The molecule has 1 rings (SSSR count). The Kier molecular flexibility index (Phi) is 20.2. The van der Waals surface area contributed by atoms with Crippen LogP contribution < -0.4 is 5.32 Å². The van der Waals surface area contributed by atoms with Crippen LogP contribution in [0.2, 0.25) is 0 Å². The standard InChI is InChI=1S/C26H50N2O3S/c1-3-4-5-6-7-8-9-10-11-12-13-14-15-16-17-18-19-28-26(29)31-23-24(30-2)22-25-27-20-21-32-25/h24H,3-23H2,1-2H3,(H,28,29). The van der Waals surface area contributed by atoms with E-state index in [4.69, 9.17) is 9.47 Å². The molecule has 1 heterocycles. The molecule has 1 N–H and O–H groups in total. The first-order valence-electron chi connectivity index (χ1n) is 13.4. The van der Waals surface area contributed by atoms with Gasteiger partial charge in [0.2, 0.25) is 0 Å². The normalized spacial score (nSPS) is 14.4. The van der Waals surface area contributed by atoms with E-state index >= 15 is 0 Å². The summed E-state index contributed by atoms with van der Waals surface area (Å²) in [6.07, 6.45) is 22.0. The second kappa shape index (κ2) is 22.1. The van der Waals surface area contributed by atoms with E-state index in [2.05, 4.69) is 17.2 Å². The summed E-state index contributed by atoms with van der Waals surface area (Å²) in [7, 11) is 1.66. The summed E-state index contributed by atoms with van der Waals surface area (Å²) in [5.74, 6) is 1.05. The first-order chi connectivity index (χ1) is 15.8. The third kappa shape index (κ3) is 17.8. The second-order valence-electron chi connectivity index (χ2n) is 9.01. The van der Waals surface area contributed by atoms with Crippen LogP contribution in [0.3, 0.4) is 0 Å². The van der Waals surface area contributed by atoms with E-state index in [0.29, 0.717) is 6.54 Å². The molecule has 0 spiro atoms. The fourth-order valence-corrected chi connectivity index (χ4v) is 4.90. The van der Waals surface area contributed by atoms with Crippen molar-refractivity contribution >= 4 is 22.9 Å². The number of hydrogen-bond acceptors (Lipinski definition) is 5. The maximum Gasteiger partial charge on any atom is 0.407 e. The third-order valence-corrected chi connectivity index (χ3v) is 7.10. The van der Waals surface area contributed by atoms with Gasteiger partial charge in [0.15, 0.2) is 0 Å². The van der Waals surface area contributed by atoms with E-state index in [0.717, 1.165) is 30.2 Å². The van der Waals surface area contributed by atoms with Crippen molar-refractivity contribution in [3.63, 3.8) is 0 Å². The number of ether oxygens (including phenoxy) is 2. The lowest BCUT2D eigenvalue weighted by molar-refractivity contribution is 0.0398. The number of nitrogens with one attached hydrogen (secondary N) is 1. The Hall–Kier alpha value is -0.750. The molecule has 0 aliphatic carbocycles. The SMILES string of the molecule is CCCCCCCCCCCCCCCCCCNC(=O)OCC(CC1=NCCS1)OC. The Morgan fingerprint density at radius 2 is 1.44 bits per heavy atom. The zero-order chi connectivity index (χ0) is 23.1. The molecule has 1 aliphatic heterocycles. The Bertz CT molecular complexity index is 474. The van der Waals surface area contributed by atoms with Gasteiger partial charge >= 0.3 is 6.09 Å². The van der Waals surface area contributed by atoms with E-state index in [-0.39, 0.29) is 18.8 Å². The van der Waals surface area contributed by atoms with Crippen LogP contribution in [0.15, 0.2) is 4.99 Å². The summed E-state index contributed by atoms with van der Waals surface area (Å²) in [5, 5.41) is 3.96. The number of aliphatic imine (C=N–C) groups is 1. The van der Waals surface area contributed by atoms with Gasteiger partial charge in [0.1, 0.15) is 6.61 Å². The molecule has 32 heavy (non-hydrogen) atoms. The van der Waals surface area contributed by atoms with Gasteiger partial charge in [-0.15, -0.1) is 11.8 Å². The second-order valence-corrected chi connectivity index (χ2v) is 10.2. The molecule has 0 aromatic rings. The summed E-state index contributed by atoms with van der Waals surface area (Å²) in [6.45, 7) is 4.14. The van der Waals surface area contributed by atoms with Gasteiger partial charge in [-0.2, -0.15) is 0 Å². The molecule has 1 amide bonds. The fourth-order valence-electron chi connectivity index (χ4n) is 3.99. The molecular formula is C26H50N2O3S. The predicted molar refractivity (Wildman–Crippen MR) is 139 cm³/mol. The number of methoxy groups -OCH3 is 1. The number of unbranched alkanes of at least 4 members (excludes halogenated alkanes) is 15. The molecular weight excluding hydrogens is 420 g/mol. The molecule has 0 radical (unpaired) electrons. The zero-order valence-electron chi connectivity index (χ0n) is 21.0. The van der Waals surface area contributed by atoms with Crippen molar-refractivity contribution < 1.29 is 14.3 Å². The lowest BCUT2D eigenvalue weighted by Crippen LogP contribution is -2.30. The zero-order valence-corrected chi connectivity index (χ0v) is 21.8. The highest BCUT2D eigenvalue weighted by Crippen LogP contribution is 2.17. The quantitative estimate of drug-likeness (QED) is 0.166. The van der Waals surface area contributed by atoms with Gasteiger partial charge in [-0.3, -0.25) is 4.99 Å². The lowest BCUT2D eigenvalue weighted by Gasteiger charge is -2.15. The first-order valence-corrected chi connectivity index (χ1v) is 14.3. The number of hydrogen-bond donors (Lipinski definition) is 1. The Balaban J connectivity index is 1.79. The molecule has 188 valence electrons. The number of alkyl carbamates (subject to hydrolysis) is 1. The van der Waals surface area contributed by atoms with Crippen molar-refractivity contribution in [2.45, 2.75) is 122 Å². The number of carbonyl (C=O) groups is 1. The van der Waals surface area contributed by atoms with E-state index in [1.54, 1.807) is 18.9 Å². The molecule has 0 saturated heterocycles. The maximum atomic E-state index is 11.8. The van der Waals surface area contributed by atoms with Crippen LogP contribution in [-0.2, 0) is 9.47 Å². The van der Waals surface area contributed by atoms with E-state index in [9.17, 15) is 4.79 Å². The van der Waals surface area contributed by atoms with Crippen molar-refractivity contribution in [1.82, 2.24) is 5.32 Å². The summed E-state index contributed by atoms with van der Waals surface area (Å²) in [4.78, 5) is 16.3. The van der Waals surface area contributed by atoms with E-state index < -0.39 is 0 Å². The molecule has 5 nitrogen and oxygen atoms in total. The molecule has 1 atom stereocenters.